The number of hydrogen-bond acceptors (Lipinski definition) is 1. The van der Waals surface area contributed by atoms with E-state index in [9.17, 15) is 5.11 Å². The lowest BCUT2D eigenvalue weighted by molar-refractivity contribution is -0.0300. The summed E-state index contributed by atoms with van der Waals surface area (Å²) in [6, 6.07) is 0. The van der Waals surface area contributed by atoms with E-state index in [1.165, 1.54) is 18.4 Å². The first-order chi connectivity index (χ1) is 7.67. The van der Waals surface area contributed by atoms with Crippen LogP contribution in [0.15, 0.2) is 11.6 Å². The average molecular weight is 238 g/mol. The minimum atomic E-state index is -0.501. The fourth-order valence-electron chi connectivity index (χ4n) is 3.24. The second-order valence-corrected chi connectivity index (χ2v) is 7.10. The molecule has 0 radical (unpaired) electrons. The van der Waals surface area contributed by atoms with E-state index in [1.807, 2.05) is 6.92 Å². The zero-order valence-corrected chi connectivity index (χ0v) is 12.5. The van der Waals surface area contributed by atoms with Crippen LogP contribution in [0, 0.1) is 17.3 Å². The van der Waals surface area contributed by atoms with Crippen molar-refractivity contribution in [2.45, 2.75) is 72.8 Å². The Kier molecular flexibility index (Phi) is 4.46. The highest BCUT2D eigenvalue weighted by Crippen LogP contribution is 2.51. The van der Waals surface area contributed by atoms with Crippen molar-refractivity contribution in [1.29, 1.82) is 0 Å². The van der Waals surface area contributed by atoms with E-state index in [1.54, 1.807) is 0 Å². The van der Waals surface area contributed by atoms with Crippen molar-refractivity contribution >= 4 is 0 Å². The van der Waals surface area contributed by atoms with Gasteiger partial charge in [-0.3, -0.25) is 0 Å². The van der Waals surface area contributed by atoms with Gasteiger partial charge in [0.2, 0.25) is 0 Å². The van der Waals surface area contributed by atoms with Crippen molar-refractivity contribution in [1.82, 2.24) is 0 Å². The van der Waals surface area contributed by atoms with E-state index in [4.69, 9.17) is 0 Å². The third-order valence-electron chi connectivity index (χ3n) is 4.94. The van der Waals surface area contributed by atoms with E-state index in [0.717, 1.165) is 12.8 Å². The average Bonchev–Trinajstić information content (AvgIpc) is 2.41. The quantitative estimate of drug-likeness (QED) is 0.712. The van der Waals surface area contributed by atoms with Crippen LogP contribution < -0.4 is 0 Å². The number of rotatable bonds is 4. The highest BCUT2D eigenvalue weighted by molar-refractivity contribution is 4.99. The lowest BCUT2D eigenvalue weighted by Gasteiger charge is -2.36. The molecule has 1 fully saturated rings. The van der Waals surface area contributed by atoms with Gasteiger partial charge in [-0.15, -0.1) is 0 Å². The summed E-state index contributed by atoms with van der Waals surface area (Å²) in [7, 11) is 0. The molecule has 0 amide bonds. The molecule has 0 aliphatic heterocycles. The molecular weight excluding hydrogens is 208 g/mol. The summed E-state index contributed by atoms with van der Waals surface area (Å²) in [5.74, 6) is 1.08. The van der Waals surface area contributed by atoms with E-state index >= 15 is 0 Å². The van der Waals surface area contributed by atoms with Crippen LogP contribution in [0.3, 0.4) is 0 Å². The maximum atomic E-state index is 10.7. The largest absolute Gasteiger partial charge is 0.390 e. The molecule has 0 bridgehead atoms. The van der Waals surface area contributed by atoms with Gasteiger partial charge in [0.25, 0.3) is 0 Å². The molecule has 17 heavy (non-hydrogen) atoms. The Morgan fingerprint density at radius 2 is 2.00 bits per heavy atom. The first-order valence-electron chi connectivity index (χ1n) is 7.02. The van der Waals surface area contributed by atoms with Gasteiger partial charge in [0.15, 0.2) is 0 Å². The minimum absolute atomic E-state index is 0.394. The predicted octanol–water partition coefficient (Wildman–Crippen LogP) is 4.56. The van der Waals surface area contributed by atoms with Crippen molar-refractivity contribution in [2.24, 2.45) is 17.3 Å². The van der Waals surface area contributed by atoms with Crippen LogP contribution in [0.4, 0.5) is 0 Å². The van der Waals surface area contributed by atoms with Gasteiger partial charge in [0.05, 0.1) is 5.60 Å². The molecule has 1 saturated carbocycles. The van der Waals surface area contributed by atoms with Gasteiger partial charge >= 0.3 is 0 Å². The van der Waals surface area contributed by atoms with Crippen LogP contribution in [0.5, 0.6) is 0 Å². The second-order valence-electron chi connectivity index (χ2n) is 7.10. The monoisotopic (exact) mass is 238 g/mol. The summed E-state index contributed by atoms with van der Waals surface area (Å²) in [6.45, 7) is 13.3. The number of allylic oxidation sites excluding steroid dienone is 2. The third-order valence-corrected chi connectivity index (χ3v) is 4.94. The Morgan fingerprint density at radius 1 is 1.41 bits per heavy atom. The summed E-state index contributed by atoms with van der Waals surface area (Å²) in [6.07, 6.45) is 6.55. The lowest BCUT2D eigenvalue weighted by atomic mass is 9.73. The molecule has 1 heteroatoms. The molecule has 1 N–H and O–H groups in total. The molecule has 0 aromatic rings. The van der Waals surface area contributed by atoms with E-state index in [0.29, 0.717) is 17.3 Å². The van der Waals surface area contributed by atoms with Crippen LogP contribution in [0.1, 0.15) is 67.2 Å². The molecule has 1 nitrogen and oxygen atoms in total. The van der Waals surface area contributed by atoms with E-state index < -0.39 is 5.60 Å². The van der Waals surface area contributed by atoms with Crippen LogP contribution in [0.2, 0.25) is 0 Å². The zero-order chi connectivity index (χ0) is 13.3. The smallest absolute Gasteiger partial charge is 0.0653 e. The molecule has 3 atom stereocenters. The van der Waals surface area contributed by atoms with Gasteiger partial charge in [-0.25, -0.2) is 0 Å². The normalized spacial score (nSPS) is 31.0. The van der Waals surface area contributed by atoms with Gasteiger partial charge in [0, 0.05) is 0 Å². The summed E-state index contributed by atoms with van der Waals surface area (Å²) in [5.41, 5.74) is 1.24. The highest BCUT2D eigenvalue weighted by Gasteiger charge is 2.46. The molecular formula is C16H30O. The van der Waals surface area contributed by atoms with Crippen LogP contribution in [0.25, 0.3) is 0 Å². The molecule has 100 valence electrons. The van der Waals surface area contributed by atoms with E-state index in [2.05, 4.69) is 40.7 Å². The van der Waals surface area contributed by atoms with Gasteiger partial charge in [-0.05, 0) is 63.7 Å². The standard InChI is InChI=1S/C16H30O/c1-12(2)8-7-10-16(6,17)14-9-11-15(4,5)13(14)3/h8,13-14,17H,7,9-11H2,1-6H3/t13-,14+,16-/m0/s1. The third kappa shape index (κ3) is 3.58. The first-order valence-corrected chi connectivity index (χ1v) is 7.02. The molecule has 0 spiro atoms. The molecule has 1 rings (SSSR count). The summed E-state index contributed by atoms with van der Waals surface area (Å²) >= 11 is 0. The summed E-state index contributed by atoms with van der Waals surface area (Å²) in [5, 5.41) is 10.7. The van der Waals surface area contributed by atoms with Crippen molar-refractivity contribution in [3.63, 3.8) is 0 Å². The highest BCUT2D eigenvalue weighted by atomic mass is 16.3. The topological polar surface area (TPSA) is 20.2 Å². The van der Waals surface area contributed by atoms with Gasteiger partial charge in [-0.1, -0.05) is 32.4 Å². The lowest BCUT2D eigenvalue weighted by Crippen LogP contribution is -2.38. The fourth-order valence-corrected chi connectivity index (χ4v) is 3.24. The number of hydrogen-bond donors (Lipinski definition) is 1. The fraction of sp³-hybridized carbons (Fsp3) is 0.875. The Morgan fingerprint density at radius 3 is 2.41 bits per heavy atom. The maximum absolute atomic E-state index is 10.7. The second kappa shape index (κ2) is 5.14. The number of aliphatic hydroxyl groups is 1. The van der Waals surface area contributed by atoms with Crippen molar-refractivity contribution in [2.75, 3.05) is 0 Å². The molecule has 1 aliphatic carbocycles. The summed E-state index contributed by atoms with van der Waals surface area (Å²) < 4.78 is 0. The van der Waals surface area contributed by atoms with Crippen LogP contribution in [-0.2, 0) is 0 Å². The van der Waals surface area contributed by atoms with Crippen molar-refractivity contribution < 1.29 is 5.11 Å². The van der Waals surface area contributed by atoms with Crippen molar-refractivity contribution in [3.8, 4) is 0 Å². The predicted molar refractivity (Wildman–Crippen MR) is 75.0 cm³/mol. The minimum Gasteiger partial charge on any atom is -0.390 e. The molecule has 0 unspecified atom stereocenters. The molecule has 0 heterocycles. The van der Waals surface area contributed by atoms with Gasteiger partial charge in [0.1, 0.15) is 0 Å². The van der Waals surface area contributed by atoms with E-state index in [-0.39, 0.29) is 0 Å². The van der Waals surface area contributed by atoms with Crippen molar-refractivity contribution in [3.05, 3.63) is 11.6 Å². The summed E-state index contributed by atoms with van der Waals surface area (Å²) in [4.78, 5) is 0. The molecule has 1 aliphatic rings. The van der Waals surface area contributed by atoms with Gasteiger partial charge in [-0.2, -0.15) is 0 Å². The van der Waals surface area contributed by atoms with Crippen LogP contribution in [-0.4, -0.2) is 10.7 Å². The Labute approximate surface area is 107 Å². The SMILES string of the molecule is CC(C)=CCC[C@](C)(O)[C@@H]1CCC(C)(C)[C@H]1C. The maximum Gasteiger partial charge on any atom is 0.0653 e. The Balaban J connectivity index is 2.62. The molecule has 0 aromatic carbocycles. The van der Waals surface area contributed by atoms with Gasteiger partial charge < -0.3 is 5.11 Å². The molecule has 0 saturated heterocycles. The Bertz CT molecular complexity index is 282. The Hall–Kier alpha value is -0.300. The first kappa shape index (κ1) is 14.8. The zero-order valence-electron chi connectivity index (χ0n) is 12.5. The van der Waals surface area contributed by atoms with Crippen LogP contribution >= 0.6 is 0 Å². The molecule has 0 aromatic heterocycles.